The minimum atomic E-state index is -0.556. The van der Waals surface area contributed by atoms with Crippen LogP contribution in [-0.4, -0.2) is 29.3 Å². The molecule has 94 valence electrons. The fourth-order valence-corrected chi connectivity index (χ4v) is 2.06. The van der Waals surface area contributed by atoms with Gasteiger partial charge in [-0.25, -0.2) is 0 Å². The smallest absolute Gasteiger partial charge is 0.235 e. The Morgan fingerprint density at radius 3 is 2.75 bits per heavy atom. The predicted octanol–water partition coefficient (Wildman–Crippen LogP) is 0.999. The van der Waals surface area contributed by atoms with E-state index in [1.165, 1.54) is 0 Å². The Bertz CT molecular complexity index is 236. The first-order valence-corrected chi connectivity index (χ1v) is 6.12. The number of hydrogen-bond donors (Lipinski definition) is 3. The van der Waals surface area contributed by atoms with E-state index in [9.17, 15) is 9.90 Å². The van der Waals surface area contributed by atoms with Crippen molar-refractivity contribution in [2.45, 2.75) is 58.2 Å². The van der Waals surface area contributed by atoms with Gasteiger partial charge in [0.15, 0.2) is 0 Å². The standard InChI is InChI=1S/C12H24N2O2/c1-9(5-4-6-12(2,3)16)7-10-13-8-11(15)14-10/h9-10,13,16H,4-8H2,1-3H3,(H,14,15). The van der Waals surface area contributed by atoms with Gasteiger partial charge in [0, 0.05) is 0 Å². The topological polar surface area (TPSA) is 61.4 Å². The Balaban J connectivity index is 2.11. The fraction of sp³-hybridized carbons (Fsp3) is 0.917. The maximum atomic E-state index is 11.0. The van der Waals surface area contributed by atoms with Crippen LogP contribution in [0.5, 0.6) is 0 Å². The highest BCUT2D eigenvalue weighted by molar-refractivity contribution is 5.80. The van der Waals surface area contributed by atoms with Gasteiger partial charge in [0.1, 0.15) is 0 Å². The van der Waals surface area contributed by atoms with E-state index in [2.05, 4.69) is 17.6 Å². The summed E-state index contributed by atoms with van der Waals surface area (Å²) in [7, 11) is 0. The number of aliphatic hydroxyl groups is 1. The third-order valence-electron chi connectivity index (χ3n) is 2.97. The predicted molar refractivity (Wildman–Crippen MR) is 63.9 cm³/mol. The van der Waals surface area contributed by atoms with Crippen LogP contribution >= 0.6 is 0 Å². The minimum absolute atomic E-state index is 0.0914. The fourth-order valence-electron chi connectivity index (χ4n) is 2.06. The first-order chi connectivity index (χ1) is 7.37. The lowest BCUT2D eigenvalue weighted by Gasteiger charge is -2.20. The van der Waals surface area contributed by atoms with E-state index in [1.807, 2.05) is 13.8 Å². The molecule has 0 saturated carbocycles. The number of hydrogen-bond acceptors (Lipinski definition) is 3. The van der Waals surface area contributed by atoms with E-state index in [-0.39, 0.29) is 12.1 Å². The second-order valence-electron chi connectivity index (χ2n) is 5.55. The van der Waals surface area contributed by atoms with Crippen LogP contribution < -0.4 is 10.6 Å². The summed E-state index contributed by atoms with van der Waals surface area (Å²) in [5.41, 5.74) is -0.556. The molecule has 1 rings (SSSR count). The third-order valence-corrected chi connectivity index (χ3v) is 2.97. The zero-order valence-corrected chi connectivity index (χ0v) is 10.5. The molecule has 1 aliphatic rings. The van der Waals surface area contributed by atoms with Gasteiger partial charge in [0.25, 0.3) is 0 Å². The van der Waals surface area contributed by atoms with Gasteiger partial charge < -0.3 is 10.4 Å². The highest BCUT2D eigenvalue weighted by atomic mass is 16.3. The van der Waals surface area contributed by atoms with Gasteiger partial charge in [-0.05, 0) is 32.6 Å². The molecular formula is C12H24N2O2. The first-order valence-electron chi connectivity index (χ1n) is 6.12. The van der Waals surface area contributed by atoms with Crippen molar-refractivity contribution < 1.29 is 9.90 Å². The summed E-state index contributed by atoms with van der Waals surface area (Å²) in [4.78, 5) is 11.0. The molecular weight excluding hydrogens is 204 g/mol. The van der Waals surface area contributed by atoms with Crippen molar-refractivity contribution in [2.75, 3.05) is 6.54 Å². The molecule has 1 amide bonds. The monoisotopic (exact) mass is 228 g/mol. The second kappa shape index (κ2) is 5.64. The Hall–Kier alpha value is -0.610. The SMILES string of the molecule is CC(CCCC(C)(C)O)CC1NCC(=O)N1. The molecule has 1 heterocycles. The van der Waals surface area contributed by atoms with E-state index in [0.29, 0.717) is 12.5 Å². The maximum absolute atomic E-state index is 11.0. The summed E-state index contributed by atoms with van der Waals surface area (Å²) in [6.07, 6.45) is 4.08. The molecule has 1 aliphatic heterocycles. The average Bonchev–Trinajstić information content (AvgIpc) is 2.48. The van der Waals surface area contributed by atoms with Gasteiger partial charge in [-0.2, -0.15) is 0 Å². The Kier molecular flexibility index (Phi) is 4.74. The van der Waals surface area contributed by atoms with Crippen LogP contribution in [0.2, 0.25) is 0 Å². The molecule has 0 radical (unpaired) electrons. The summed E-state index contributed by atoms with van der Waals surface area (Å²) in [5.74, 6) is 0.659. The van der Waals surface area contributed by atoms with E-state index in [4.69, 9.17) is 0 Å². The summed E-state index contributed by atoms with van der Waals surface area (Å²) < 4.78 is 0. The van der Waals surface area contributed by atoms with Crippen LogP contribution in [-0.2, 0) is 4.79 Å². The van der Waals surface area contributed by atoms with Gasteiger partial charge in [-0.1, -0.05) is 19.8 Å². The highest BCUT2D eigenvalue weighted by Gasteiger charge is 2.21. The molecule has 2 unspecified atom stereocenters. The molecule has 0 aromatic heterocycles. The molecule has 0 aromatic rings. The van der Waals surface area contributed by atoms with Crippen LogP contribution in [0.25, 0.3) is 0 Å². The summed E-state index contributed by atoms with van der Waals surface area (Å²) in [6.45, 7) is 6.32. The molecule has 3 N–H and O–H groups in total. The maximum Gasteiger partial charge on any atom is 0.235 e. The molecule has 0 bridgehead atoms. The van der Waals surface area contributed by atoms with Gasteiger partial charge >= 0.3 is 0 Å². The first kappa shape index (κ1) is 13.5. The normalized spacial score (nSPS) is 23.2. The van der Waals surface area contributed by atoms with Crippen molar-refractivity contribution >= 4 is 5.91 Å². The van der Waals surface area contributed by atoms with E-state index in [0.717, 1.165) is 25.7 Å². The second-order valence-corrected chi connectivity index (χ2v) is 5.55. The van der Waals surface area contributed by atoms with Crippen molar-refractivity contribution in [3.8, 4) is 0 Å². The molecule has 4 heteroatoms. The van der Waals surface area contributed by atoms with Crippen LogP contribution in [0.4, 0.5) is 0 Å². The Morgan fingerprint density at radius 2 is 2.25 bits per heavy atom. The van der Waals surface area contributed by atoms with Gasteiger partial charge in [0.05, 0.1) is 18.3 Å². The molecule has 1 fully saturated rings. The minimum Gasteiger partial charge on any atom is -0.390 e. The molecule has 4 nitrogen and oxygen atoms in total. The zero-order valence-electron chi connectivity index (χ0n) is 10.5. The van der Waals surface area contributed by atoms with Crippen molar-refractivity contribution in [3.05, 3.63) is 0 Å². The van der Waals surface area contributed by atoms with Gasteiger partial charge in [0.2, 0.25) is 5.91 Å². The lowest BCUT2D eigenvalue weighted by molar-refractivity contribution is -0.118. The lowest BCUT2D eigenvalue weighted by atomic mass is 9.94. The molecule has 2 atom stereocenters. The van der Waals surface area contributed by atoms with Crippen LogP contribution in [0.3, 0.4) is 0 Å². The molecule has 0 aliphatic carbocycles. The quantitative estimate of drug-likeness (QED) is 0.635. The Morgan fingerprint density at radius 1 is 1.56 bits per heavy atom. The van der Waals surface area contributed by atoms with Crippen molar-refractivity contribution in [2.24, 2.45) is 5.92 Å². The third kappa shape index (κ3) is 5.47. The largest absolute Gasteiger partial charge is 0.390 e. The van der Waals surface area contributed by atoms with Crippen molar-refractivity contribution in [1.29, 1.82) is 0 Å². The molecule has 16 heavy (non-hydrogen) atoms. The van der Waals surface area contributed by atoms with E-state index < -0.39 is 5.60 Å². The zero-order chi connectivity index (χ0) is 12.2. The van der Waals surface area contributed by atoms with E-state index >= 15 is 0 Å². The van der Waals surface area contributed by atoms with Crippen LogP contribution in [0.15, 0.2) is 0 Å². The highest BCUT2D eigenvalue weighted by Crippen LogP contribution is 2.18. The van der Waals surface area contributed by atoms with Crippen molar-refractivity contribution in [1.82, 2.24) is 10.6 Å². The number of carbonyl (C=O) groups is 1. The summed E-state index contributed by atoms with van der Waals surface area (Å²) in [6, 6.07) is 0. The summed E-state index contributed by atoms with van der Waals surface area (Å²) >= 11 is 0. The number of rotatable bonds is 6. The molecule has 1 saturated heterocycles. The summed E-state index contributed by atoms with van der Waals surface area (Å²) in [5, 5.41) is 15.6. The molecule has 0 spiro atoms. The Labute approximate surface area is 97.8 Å². The number of amides is 1. The number of nitrogens with one attached hydrogen (secondary N) is 2. The van der Waals surface area contributed by atoms with Gasteiger partial charge in [-0.15, -0.1) is 0 Å². The van der Waals surface area contributed by atoms with E-state index in [1.54, 1.807) is 0 Å². The van der Waals surface area contributed by atoms with Gasteiger partial charge in [-0.3, -0.25) is 10.1 Å². The number of carbonyl (C=O) groups excluding carboxylic acids is 1. The lowest BCUT2D eigenvalue weighted by Crippen LogP contribution is -2.33. The average molecular weight is 228 g/mol. The molecule has 0 aromatic carbocycles. The van der Waals surface area contributed by atoms with Crippen molar-refractivity contribution in [3.63, 3.8) is 0 Å². The van der Waals surface area contributed by atoms with Crippen LogP contribution in [0.1, 0.15) is 46.5 Å². The van der Waals surface area contributed by atoms with Crippen LogP contribution in [0, 0.1) is 5.92 Å².